The maximum Gasteiger partial charge on any atom is 0.185 e. The molecule has 0 saturated carbocycles. The molecule has 116 valence electrons. The number of carbonyl (C=O) groups is 1. The Kier molecular flexibility index (Phi) is 4.52. The summed E-state index contributed by atoms with van der Waals surface area (Å²) in [5.41, 5.74) is 1.79. The van der Waals surface area contributed by atoms with E-state index in [0.29, 0.717) is 12.0 Å². The number of aromatic nitrogens is 2. The third-order valence-electron chi connectivity index (χ3n) is 3.83. The van der Waals surface area contributed by atoms with Crippen LogP contribution in [-0.4, -0.2) is 22.4 Å². The van der Waals surface area contributed by atoms with Gasteiger partial charge in [-0.3, -0.25) is 4.79 Å². The number of carbonyl (C=O) groups excluding carboxylic acids is 1. The van der Waals surface area contributed by atoms with Crippen molar-refractivity contribution in [2.45, 2.75) is 12.5 Å². The Labute approximate surface area is 135 Å². The quantitative estimate of drug-likeness (QED) is 0.654. The van der Waals surface area contributed by atoms with Crippen LogP contribution in [0.15, 0.2) is 73.3 Å². The van der Waals surface area contributed by atoms with E-state index in [1.54, 1.807) is 19.6 Å². The molecule has 1 unspecified atom stereocenters. The zero-order valence-corrected chi connectivity index (χ0v) is 12.9. The highest BCUT2D eigenvalue weighted by Gasteiger charge is 2.21. The minimum absolute atomic E-state index is 0.0828. The monoisotopic (exact) mass is 306 g/mol. The van der Waals surface area contributed by atoms with E-state index in [1.807, 2.05) is 65.4 Å². The molecule has 0 N–H and O–H groups in total. The van der Waals surface area contributed by atoms with Gasteiger partial charge < -0.3 is 9.30 Å². The smallest absolute Gasteiger partial charge is 0.185 e. The number of hydrogen-bond acceptors (Lipinski definition) is 3. The number of rotatable bonds is 6. The Hall–Kier alpha value is -2.88. The van der Waals surface area contributed by atoms with Crippen LogP contribution in [0.3, 0.4) is 0 Å². The highest BCUT2D eigenvalue weighted by molar-refractivity contribution is 5.99. The van der Waals surface area contributed by atoms with Crippen LogP contribution in [0, 0.1) is 0 Å². The number of ketones is 1. The summed E-state index contributed by atoms with van der Waals surface area (Å²) in [7, 11) is 1.64. The first-order valence-electron chi connectivity index (χ1n) is 7.47. The molecule has 0 spiro atoms. The highest BCUT2D eigenvalue weighted by atomic mass is 16.5. The second kappa shape index (κ2) is 6.92. The van der Waals surface area contributed by atoms with Gasteiger partial charge in [0, 0.05) is 24.4 Å². The minimum atomic E-state index is -0.312. The van der Waals surface area contributed by atoms with Crippen LogP contribution in [-0.2, 0) is 6.42 Å². The first-order chi connectivity index (χ1) is 11.3. The van der Waals surface area contributed by atoms with E-state index in [1.165, 1.54) is 0 Å². The van der Waals surface area contributed by atoms with Gasteiger partial charge in [0.2, 0.25) is 0 Å². The van der Waals surface area contributed by atoms with Crippen LogP contribution in [0.25, 0.3) is 0 Å². The van der Waals surface area contributed by atoms with E-state index in [0.717, 1.165) is 11.3 Å². The van der Waals surface area contributed by atoms with Gasteiger partial charge in [0.05, 0.1) is 13.4 Å². The molecule has 1 atom stereocenters. The summed E-state index contributed by atoms with van der Waals surface area (Å²) >= 11 is 0. The van der Waals surface area contributed by atoms with Gasteiger partial charge in [0.25, 0.3) is 0 Å². The summed E-state index contributed by atoms with van der Waals surface area (Å²) < 4.78 is 7.04. The lowest BCUT2D eigenvalue weighted by atomic mass is 9.97. The Morgan fingerprint density at radius 2 is 1.87 bits per heavy atom. The number of benzene rings is 2. The molecule has 3 rings (SSSR count). The van der Waals surface area contributed by atoms with Gasteiger partial charge in [-0.1, -0.05) is 42.5 Å². The standard InChI is InChI=1S/C19H18N2O2/c1-23-17-9-7-15(8-10-17)13-18(21-12-11-20-14-21)19(22)16-5-3-2-4-6-16/h2-12,14,18H,13H2,1H3. The Bertz CT molecular complexity index is 750. The second-order valence-corrected chi connectivity index (χ2v) is 5.31. The van der Waals surface area contributed by atoms with E-state index in [4.69, 9.17) is 4.74 Å². The summed E-state index contributed by atoms with van der Waals surface area (Å²) in [6, 6.07) is 16.8. The molecule has 23 heavy (non-hydrogen) atoms. The summed E-state index contributed by atoms with van der Waals surface area (Å²) in [6.45, 7) is 0. The SMILES string of the molecule is COc1ccc(CC(C(=O)c2ccccc2)n2ccnc2)cc1. The van der Waals surface area contributed by atoms with E-state index < -0.39 is 0 Å². The van der Waals surface area contributed by atoms with Crippen LogP contribution in [0.4, 0.5) is 0 Å². The van der Waals surface area contributed by atoms with Crippen molar-refractivity contribution >= 4 is 5.78 Å². The average Bonchev–Trinajstić information content (AvgIpc) is 3.15. The molecule has 4 heteroatoms. The number of Topliss-reactive ketones (excluding diaryl/α,β-unsaturated/α-hetero) is 1. The molecule has 3 aromatic rings. The van der Waals surface area contributed by atoms with Gasteiger partial charge in [0.15, 0.2) is 5.78 Å². The van der Waals surface area contributed by atoms with Crippen molar-refractivity contribution in [2.75, 3.05) is 7.11 Å². The van der Waals surface area contributed by atoms with Crippen molar-refractivity contribution in [1.82, 2.24) is 9.55 Å². The topological polar surface area (TPSA) is 44.1 Å². The lowest BCUT2D eigenvalue weighted by molar-refractivity contribution is 0.0924. The van der Waals surface area contributed by atoms with Gasteiger partial charge >= 0.3 is 0 Å². The molecule has 0 aliphatic carbocycles. The van der Waals surface area contributed by atoms with Crippen molar-refractivity contribution in [1.29, 1.82) is 0 Å². The molecule has 0 amide bonds. The fourth-order valence-corrected chi connectivity index (χ4v) is 2.57. The Morgan fingerprint density at radius 1 is 1.13 bits per heavy atom. The number of imidazole rings is 1. The van der Waals surface area contributed by atoms with Crippen molar-refractivity contribution in [2.24, 2.45) is 0 Å². The Morgan fingerprint density at radius 3 is 2.48 bits per heavy atom. The van der Waals surface area contributed by atoms with Gasteiger partial charge in [-0.25, -0.2) is 4.98 Å². The third-order valence-corrected chi connectivity index (χ3v) is 3.83. The summed E-state index contributed by atoms with van der Waals surface area (Å²) in [5.74, 6) is 0.890. The average molecular weight is 306 g/mol. The lowest BCUT2D eigenvalue weighted by Gasteiger charge is -2.18. The largest absolute Gasteiger partial charge is 0.497 e. The number of methoxy groups -OCH3 is 1. The first kappa shape index (κ1) is 15.0. The molecule has 0 aliphatic heterocycles. The van der Waals surface area contributed by atoms with Crippen LogP contribution >= 0.6 is 0 Å². The van der Waals surface area contributed by atoms with E-state index in [9.17, 15) is 4.79 Å². The Balaban J connectivity index is 1.88. The van der Waals surface area contributed by atoms with Gasteiger partial charge in [0.1, 0.15) is 11.8 Å². The molecule has 2 aromatic carbocycles. The first-order valence-corrected chi connectivity index (χ1v) is 7.47. The van der Waals surface area contributed by atoms with Crippen molar-refractivity contribution in [3.8, 4) is 5.75 Å². The number of hydrogen-bond donors (Lipinski definition) is 0. The van der Waals surface area contributed by atoms with Crippen LogP contribution in [0.2, 0.25) is 0 Å². The van der Waals surface area contributed by atoms with Crippen molar-refractivity contribution < 1.29 is 9.53 Å². The fourth-order valence-electron chi connectivity index (χ4n) is 2.57. The van der Waals surface area contributed by atoms with Gasteiger partial charge in [-0.2, -0.15) is 0 Å². The van der Waals surface area contributed by atoms with Gasteiger partial charge in [-0.05, 0) is 17.7 Å². The summed E-state index contributed by atoms with van der Waals surface area (Å²) in [5, 5.41) is 0. The molecule has 0 saturated heterocycles. The number of ether oxygens (including phenoxy) is 1. The predicted molar refractivity (Wildman–Crippen MR) is 88.7 cm³/mol. The molecular formula is C19H18N2O2. The van der Waals surface area contributed by atoms with Crippen LogP contribution in [0.5, 0.6) is 5.75 Å². The molecule has 1 aromatic heterocycles. The summed E-state index contributed by atoms with van der Waals surface area (Å²) in [4.78, 5) is 17.0. The summed E-state index contributed by atoms with van der Waals surface area (Å²) in [6.07, 6.45) is 5.82. The molecule has 0 fully saturated rings. The number of nitrogens with zero attached hydrogens (tertiary/aromatic N) is 2. The van der Waals surface area contributed by atoms with Crippen LogP contribution < -0.4 is 4.74 Å². The normalized spacial score (nSPS) is 11.9. The predicted octanol–water partition coefficient (Wildman–Crippen LogP) is 3.56. The van der Waals surface area contributed by atoms with Crippen LogP contribution in [0.1, 0.15) is 22.0 Å². The molecular weight excluding hydrogens is 288 g/mol. The maximum absolute atomic E-state index is 12.9. The van der Waals surface area contributed by atoms with Gasteiger partial charge in [-0.15, -0.1) is 0 Å². The third kappa shape index (κ3) is 3.48. The molecule has 4 nitrogen and oxygen atoms in total. The van der Waals surface area contributed by atoms with E-state index in [-0.39, 0.29) is 11.8 Å². The van der Waals surface area contributed by atoms with Crippen molar-refractivity contribution in [3.63, 3.8) is 0 Å². The van der Waals surface area contributed by atoms with E-state index in [2.05, 4.69) is 4.98 Å². The zero-order valence-electron chi connectivity index (χ0n) is 12.9. The maximum atomic E-state index is 12.9. The minimum Gasteiger partial charge on any atom is -0.497 e. The fraction of sp³-hybridized carbons (Fsp3) is 0.158. The molecule has 1 heterocycles. The van der Waals surface area contributed by atoms with E-state index >= 15 is 0 Å². The molecule has 0 aliphatic rings. The van der Waals surface area contributed by atoms with Crippen molar-refractivity contribution in [3.05, 3.63) is 84.4 Å². The molecule has 0 bridgehead atoms. The lowest BCUT2D eigenvalue weighted by Crippen LogP contribution is -2.21. The second-order valence-electron chi connectivity index (χ2n) is 5.31. The highest BCUT2D eigenvalue weighted by Crippen LogP contribution is 2.21. The molecule has 0 radical (unpaired) electrons. The zero-order chi connectivity index (χ0) is 16.1.